The van der Waals surface area contributed by atoms with E-state index in [1.54, 1.807) is 6.92 Å². The largest absolute Gasteiger partial charge is 0.480 e. The summed E-state index contributed by atoms with van der Waals surface area (Å²) in [6.07, 6.45) is -0.787. The average molecular weight is 463 g/mol. The molecule has 1 aliphatic heterocycles. The Bertz CT molecular complexity index is 833. The molecule has 0 amide bonds. The minimum atomic E-state index is -2.37. The first-order valence-corrected chi connectivity index (χ1v) is 14.2. The molecule has 0 aliphatic carbocycles. The molecule has 2 rings (SSSR count). The zero-order valence-corrected chi connectivity index (χ0v) is 21.7. The van der Waals surface area contributed by atoms with Crippen LogP contribution in [0, 0.1) is 0 Å². The van der Waals surface area contributed by atoms with Crippen LogP contribution in [-0.2, 0) is 23.4 Å². The van der Waals surface area contributed by atoms with Crippen LogP contribution < -0.4 is 0 Å². The van der Waals surface area contributed by atoms with Crippen molar-refractivity contribution >= 4 is 26.1 Å². The highest BCUT2D eigenvalue weighted by Gasteiger charge is 2.59. The first-order valence-electron chi connectivity index (χ1n) is 11.3. The maximum atomic E-state index is 13.7. The van der Waals surface area contributed by atoms with Crippen LogP contribution in [0.2, 0.25) is 18.1 Å². The lowest BCUT2D eigenvalue weighted by Gasteiger charge is -2.44. The molecule has 0 radical (unpaired) electrons. The molecule has 0 fully saturated rings. The SMILES string of the molecule is CCOC(=O)[C@@]1([C@H](O[Si](C)(C)C(C)(C)C)c2ccccc2)N=C(OCC)CN=C1OCC. The number of benzene rings is 1. The van der Waals surface area contributed by atoms with Gasteiger partial charge in [0.15, 0.2) is 8.32 Å². The average Bonchev–Trinajstić information content (AvgIpc) is 2.73. The van der Waals surface area contributed by atoms with Crippen LogP contribution in [0.5, 0.6) is 0 Å². The van der Waals surface area contributed by atoms with Crippen LogP contribution in [0.4, 0.5) is 0 Å². The summed E-state index contributed by atoms with van der Waals surface area (Å²) in [7, 11) is -2.37. The van der Waals surface area contributed by atoms with Crippen LogP contribution in [0.25, 0.3) is 0 Å². The predicted octanol–water partition coefficient (Wildman–Crippen LogP) is 4.94. The number of rotatable bonds is 8. The van der Waals surface area contributed by atoms with Crippen molar-refractivity contribution in [3.05, 3.63) is 35.9 Å². The number of aliphatic imine (C=N–C) groups is 2. The molecule has 1 aliphatic rings. The number of ether oxygens (including phenoxy) is 3. The Morgan fingerprint density at radius 2 is 1.69 bits per heavy atom. The monoisotopic (exact) mass is 462 g/mol. The maximum Gasteiger partial charge on any atom is 0.347 e. The topological polar surface area (TPSA) is 78.7 Å². The zero-order chi connectivity index (χ0) is 24.0. The van der Waals surface area contributed by atoms with Crippen LogP contribution in [0.1, 0.15) is 53.2 Å². The van der Waals surface area contributed by atoms with Crippen molar-refractivity contribution in [3.63, 3.8) is 0 Å². The van der Waals surface area contributed by atoms with Gasteiger partial charge in [0, 0.05) is 0 Å². The molecule has 0 spiro atoms. The Labute approximate surface area is 193 Å². The quantitative estimate of drug-likeness (QED) is 0.404. The second kappa shape index (κ2) is 10.6. The fraction of sp³-hybridized carbons (Fsp3) is 0.625. The highest BCUT2D eigenvalue weighted by Crippen LogP contribution is 2.45. The van der Waals surface area contributed by atoms with Gasteiger partial charge in [0.2, 0.25) is 11.8 Å². The Morgan fingerprint density at radius 3 is 2.22 bits per heavy atom. The van der Waals surface area contributed by atoms with Gasteiger partial charge in [-0.05, 0) is 44.5 Å². The van der Waals surface area contributed by atoms with Gasteiger partial charge < -0.3 is 18.6 Å². The lowest BCUT2D eigenvalue weighted by Crippen LogP contribution is -2.58. The molecule has 8 heteroatoms. The lowest BCUT2D eigenvalue weighted by atomic mass is 9.86. The summed E-state index contributed by atoms with van der Waals surface area (Å²) in [5.74, 6) is 0.00917. The van der Waals surface area contributed by atoms with Crippen molar-refractivity contribution in [2.45, 2.75) is 71.3 Å². The first kappa shape index (κ1) is 26.1. The molecule has 0 bridgehead atoms. The van der Waals surface area contributed by atoms with E-state index in [0.29, 0.717) is 19.1 Å². The molecule has 32 heavy (non-hydrogen) atoms. The van der Waals surface area contributed by atoms with Crippen LogP contribution in [-0.4, -0.2) is 58.0 Å². The van der Waals surface area contributed by atoms with Crippen molar-refractivity contribution in [2.24, 2.45) is 9.98 Å². The van der Waals surface area contributed by atoms with E-state index >= 15 is 0 Å². The summed E-state index contributed by atoms with van der Waals surface area (Å²) < 4.78 is 24.1. The summed E-state index contributed by atoms with van der Waals surface area (Å²) in [5, 5.41) is -0.0973. The van der Waals surface area contributed by atoms with Crippen molar-refractivity contribution in [1.29, 1.82) is 0 Å². The number of nitrogens with zero attached hydrogens (tertiary/aromatic N) is 2. The number of carbonyl (C=O) groups is 1. The standard InChI is InChI=1S/C24H38N2O5Si/c1-9-28-19-17-25-21(29-10-2)24(26-19,22(27)30-11-3)20(18-15-13-12-14-16-18)31-32(7,8)23(4,5)6/h12-16,20H,9-11,17H2,1-8H3/t20-,24+/m1/s1. The molecule has 0 saturated heterocycles. The van der Waals surface area contributed by atoms with Crippen LogP contribution >= 0.6 is 0 Å². The van der Waals surface area contributed by atoms with E-state index in [-0.39, 0.29) is 24.1 Å². The normalized spacial score (nSPS) is 20.1. The summed E-state index contributed by atoms with van der Waals surface area (Å²) in [4.78, 5) is 23.1. The van der Waals surface area contributed by atoms with Gasteiger partial charge in [0.05, 0.1) is 19.8 Å². The predicted molar refractivity (Wildman–Crippen MR) is 130 cm³/mol. The second-order valence-corrected chi connectivity index (χ2v) is 13.9. The number of hydrogen-bond donors (Lipinski definition) is 0. The fourth-order valence-corrected chi connectivity index (χ4v) is 4.47. The van der Waals surface area contributed by atoms with Gasteiger partial charge in [-0.25, -0.2) is 14.8 Å². The van der Waals surface area contributed by atoms with Gasteiger partial charge in [-0.2, -0.15) is 0 Å². The van der Waals surface area contributed by atoms with Gasteiger partial charge in [-0.3, -0.25) is 0 Å². The molecule has 1 aromatic rings. The van der Waals surface area contributed by atoms with E-state index in [2.05, 4.69) is 38.9 Å². The molecule has 1 aromatic carbocycles. The third kappa shape index (κ3) is 5.40. The Hall–Kier alpha value is -2.19. The van der Waals surface area contributed by atoms with Gasteiger partial charge in [-0.1, -0.05) is 51.1 Å². The fourth-order valence-electron chi connectivity index (χ4n) is 3.22. The van der Waals surface area contributed by atoms with Crippen molar-refractivity contribution in [1.82, 2.24) is 0 Å². The van der Waals surface area contributed by atoms with E-state index in [1.165, 1.54) is 0 Å². The van der Waals surface area contributed by atoms with Crippen molar-refractivity contribution < 1.29 is 23.4 Å². The smallest absolute Gasteiger partial charge is 0.347 e. The molecule has 0 saturated carbocycles. The number of esters is 1. The lowest BCUT2D eigenvalue weighted by molar-refractivity contribution is -0.151. The third-order valence-electron chi connectivity index (χ3n) is 5.86. The Kier molecular flexibility index (Phi) is 8.65. The molecular formula is C24H38N2O5Si. The van der Waals surface area contributed by atoms with E-state index < -0.39 is 25.9 Å². The third-order valence-corrected chi connectivity index (χ3v) is 10.3. The van der Waals surface area contributed by atoms with Crippen molar-refractivity contribution in [3.8, 4) is 0 Å². The van der Waals surface area contributed by atoms with E-state index in [0.717, 1.165) is 5.56 Å². The maximum absolute atomic E-state index is 13.7. The molecule has 0 unspecified atom stereocenters. The molecule has 178 valence electrons. The Balaban J connectivity index is 2.81. The summed E-state index contributed by atoms with van der Waals surface area (Å²) in [6, 6.07) is 9.64. The molecule has 0 N–H and O–H groups in total. The second-order valence-electron chi connectivity index (χ2n) is 9.15. The summed E-state index contributed by atoms with van der Waals surface area (Å²) in [5.41, 5.74) is -0.828. The molecular weight excluding hydrogens is 424 g/mol. The molecule has 0 aromatic heterocycles. The zero-order valence-electron chi connectivity index (χ0n) is 20.7. The minimum absolute atomic E-state index is 0.0973. The van der Waals surface area contributed by atoms with Gasteiger partial charge in [0.1, 0.15) is 12.6 Å². The summed E-state index contributed by atoms with van der Waals surface area (Å²) >= 11 is 0. The van der Waals surface area contributed by atoms with Gasteiger partial charge in [-0.15, -0.1) is 0 Å². The first-order chi connectivity index (χ1) is 15.0. The molecule has 7 nitrogen and oxygen atoms in total. The Morgan fingerprint density at radius 1 is 1.06 bits per heavy atom. The minimum Gasteiger partial charge on any atom is -0.480 e. The summed E-state index contributed by atoms with van der Waals surface area (Å²) in [6.45, 7) is 17.4. The van der Waals surface area contributed by atoms with Crippen molar-refractivity contribution in [2.75, 3.05) is 26.4 Å². The molecule has 1 heterocycles. The van der Waals surface area contributed by atoms with E-state index in [1.807, 2.05) is 44.2 Å². The highest BCUT2D eigenvalue weighted by atomic mass is 28.4. The van der Waals surface area contributed by atoms with Gasteiger partial charge in [0.25, 0.3) is 5.54 Å². The van der Waals surface area contributed by atoms with Crippen LogP contribution in [0.3, 0.4) is 0 Å². The number of hydrogen-bond acceptors (Lipinski definition) is 7. The van der Waals surface area contributed by atoms with E-state index in [9.17, 15) is 4.79 Å². The van der Waals surface area contributed by atoms with E-state index in [4.69, 9.17) is 23.6 Å². The highest BCUT2D eigenvalue weighted by molar-refractivity contribution is 6.74. The van der Waals surface area contributed by atoms with Gasteiger partial charge >= 0.3 is 5.97 Å². The number of carbonyl (C=O) groups excluding carboxylic acids is 1. The van der Waals surface area contributed by atoms with Crippen LogP contribution in [0.15, 0.2) is 40.3 Å². The molecule has 2 atom stereocenters.